The predicted octanol–water partition coefficient (Wildman–Crippen LogP) is 4.51. The van der Waals surface area contributed by atoms with E-state index in [0.29, 0.717) is 6.61 Å². The first kappa shape index (κ1) is 21.1. The number of aromatic nitrogens is 4. The van der Waals surface area contributed by atoms with E-state index in [9.17, 15) is 0 Å². The largest absolute Gasteiger partial charge is 0.489 e. The van der Waals surface area contributed by atoms with E-state index in [1.54, 1.807) is 16.4 Å². The second-order valence-electron chi connectivity index (χ2n) is 7.01. The molecule has 0 aliphatic heterocycles. The Kier molecular flexibility index (Phi) is 7.68. The van der Waals surface area contributed by atoms with E-state index in [-0.39, 0.29) is 0 Å². The van der Waals surface area contributed by atoms with Crippen molar-refractivity contribution in [2.75, 3.05) is 12.3 Å². The molecule has 0 radical (unpaired) electrons. The first-order chi connectivity index (χ1) is 15.4. The Labute approximate surface area is 186 Å². The molecule has 0 spiro atoms. The zero-order valence-electron chi connectivity index (χ0n) is 17.2. The molecule has 1 aromatic heterocycles. The third kappa shape index (κ3) is 6.41. The van der Waals surface area contributed by atoms with Gasteiger partial charge < -0.3 is 10.1 Å². The van der Waals surface area contributed by atoms with Gasteiger partial charge in [-0.1, -0.05) is 72.4 Å². The number of tetrazole rings is 1. The van der Waals surface area contributed by atoms with E-state index in [4.69, 9.17) is 4.74 Å². The minimum atomic E-state index is 0.581. The number of benzene rings is 3. The average Bonchev–Trinajstić information content (AvgIpc) is 3.30. The van der Waals surface area contributed by atoms with Gasteiger partial charge in [0, 0.05) is 12.3 Å². The number of para-hydroxylation sites is 1. The number of hydrogen-bond acceptors (Lipinski definition) is 6. The van der Waals surface area contributed by atoms with Crippen molar-refractivity contribution in [3.8, 4) is 11.4 Å². The quantitative estimate of drug-likeness (QED) is 0.278. The molecule has 0 amide bonds. The number of nitrogens with one attached hydrogen (secondary N) is 1. The zero-order valence-corrected chi connectivity index (χ0v) is 18.0. The summed E-state index contributed by atoms with van der Waals surface area (Å²) in [5.41, 5.74) is 3.36. The molecule has 0 aliphatic carbocycles. The molecular weight excluding hydrogens is 406 g/mol. The van der Waals surface area contributed by atoms with Gasteiger partial charge in [0.15, 0.2) is 0 Å². The van der Waals surface area contributed by atoms with Crippen LogP contribution in [-0.4, -0.2) is 32.5 Å². The molecule has 6 nitrogen and oxygen atoms in total. The van der Waals surface area contributed by atoms with Crippen LogP contribution in [0, 0.1) is 0 Å². The highest BCUT2D eigenvalue weighted by atomic mass is 32.2. The summed E-state index contributed by atoms with van der Waals surface area (Å²) >= 11 is 1.67. The summed E-state index contributed by atoms with van der Waals surface area (Å²) in [6, 6.07) is 28.4. The molecule has 0 bridgehead atoms. The lowest BCUT2D eigenvalue weighted by atomic mass is 10.2. The number of hydrogen-bond donors (Lipinski definition) is 1. The van der Waals surface area contributed by atoms with E-state index >= 15 is 0 Å². The van der Waals surface area contributed by atoms with Gasteiger partial charge in [0.1, 0.15) is 12.4 Å². The molecule has 1 N–H and O–H groups in total. The molecule has 0 saturated heterocycles. The summed E-state index contributed by atoms with van der Waals surface area (Å²) in [6.45, 7) is 2.32. The third-order valence-corrected chi connectivity index (χ3v) is 5.65. The van der Waals surface area contributed by atoms with Crippen LogP contribution in [0.3, 0.4) is 0 Å². The van der Waals surface area contributed by atoms with Gasteiger partial charge >= 0.3 is 0 Å². The van der Waals surface area contributed by atoms with Gasteiger partial charge in [-0.25, -0.2) is 0 Å². The van der Waals surface area contributed by atoms with Crippen LogP contribution in [0.25, 0.3) is 5.69 Å². The Morgan fingerprint density at radius 1 is 0.871 bits per heavy atom. The lowest BCUT2D eigenvalue weighted by Crippen LogP contribution is -2.15. The van der Waals surface area contributed by atoms with Crippen LogP contribution in [-0.2, 0) is 13.2 Å². The van der Waals surface area contributed by atoms with E-state index in [0.717, 1.165) is 41.9 Å². The van der Waals surface area contributed by atoms with E-state index in [1.165, 1.54) is 11.1 Å². The van der Waals surface area contributed by atoms with Gasteiger partial charge in [0.25, 0.3) is 0 Å². The van der Waals surface area contributed by atoms with Crippen molar-refractivity contribution in [1.82, 2.24) is 25.5 Å². The Bertz CT molecular complexity index is 1060. The van der Waals surface area contributed by atoms with Crippen LogP contribution < -0.4 is 10.1 Å². The van der Waals surface area contributed by atoms with Gasteiger partial charge in [-0.05, 0) is 58.8 Å². The molecule has 4 rings (SSSR count). The fourth-order valence-electron chi connectivity index (χ4n) is 3.08. The van der Waals surface area contributed by atoms with Crippen molar-refractivity contribution >= 4 is 11.8 Å². The lowest BCUT2D eigenvalue weighted by molar-refractivity contribution is 0.306. The molecule has 7 heteroatoms. The maximum absolute atomic E-state index is 5.91. The van der Waals surface area contributed by atoms with Gasteiger partial charge in [-0.2, -0.15) is 4.68 Å². The second-order valence-corrected chi connectivity index (χ2v) is 8.07. The molecular formula is C24H25N5OS. The van der Waals surface area contributed by atoms with Crippen molar-refractivity contribution in [3.63, 3.8) is 0 Å². The molecule has 0 atom stereocenters. The smallest absolute Gasteiger partial charge is 0.214 e. The maximum Gasteiger partial charge on any atom is 0.214 e. The topological polar surface area (TPSA) is 64.9 Å². The van der Waals surface area contributed by atoms with Crippen molar-refractivity contribution < 1.29 is 4.74 Å². The van der Waals surface area contributed by atoms with Crippen LogP contribution in [0.5, 0.6) is 5.75 Å². The molecule has 0 unspecified atom stereocenters. The summed E-state index contributed by atoms with van der Waals surface area (Å²) in [4.78, 5) is 0. The molecule has 0 aliphatic rings. The average molecular weight is 432 g/mol. The minimum Gasteiger partial charge on any atom is -0.489 e. The first-order valence-corrected chi connectivity index (χ1v) is 11.3. The number of rotatable bonds is 11. The fraction of sp³-hybridized carbons (Fsp3) is 0.208. The Hall–Kier alpha value is -3.16. The van der Waals surface area contributed by atoms with Crippen molar-refractivity contribution in [3.05, 3.63) is 96.1 Å². The van der Waals surface area contributed by atoms with Crippen LogP contribution in [0.1, 0.15) is 17.5 Å². The monoisotopic (exact) mass is 431 g/mol. The Balaban J connectivity index is 1.17. The molecule has 3 aromatic carbocycles. The van der Waals surface area contributed by atoms with E-state index in [2.05, 4.69) is 45.1 Å². The van der Waals surface area contributed by atoms with Gasteiger partial charge in [-0.15, -0.1) is 5.10 Å². The highest BCUT2D eigenvalue weighted by Crippen LogP contribution is 2.18. The SMILES string of the molecule is c1ccc(COc2cccc(CNCCCSc3nnnn3-c3ccccc3)c2)cc1. The van der Waals surface area contributed by atoms with Crippen LogP contribution in [0.2, 0.25) is 0 Å². The van der Waals surface area contributed by atoms with Gasteiger partial charge in [0.05, 0.1) is 5.69 Å². The maximum atomic E-state index is 5.91. The fourth-order valence-corrected chi connectivity index (χ4v) is 3.91. The second kappa shape index (κ2) is 11.3. The molecule has 31 heavy (non-hydrogen) atoms. The summed E-state index contributed by atoms with van der Waals surface area (Å²) in [6.07, 6.45) is 1.02. The summed E-state index contributed by atoms with van der Waals surface area (Å²) in [5.74, 6) is 1.84. The predicted molar refractivity (Wildman–Crippen MR) is 123 cm³/mol. The van der Waals surface area contributed by atoms with Gasteiger partial charge in [-0.3, -0.25) is 0 Å². The molecule has 1 heterocycles. The molecule has 4 aromatic rings. The first-order valence-electron chi connectivity index (χ1n) is 10.3. The number of ether oxygens (including phenoxy) is 1. The summed E-state index contributed by atoms with van der Waals surface area (Å²) in [5, 5.41) is 16.4. The van der Waals surface area contributed by atoms with E-state index < -0.39 is 0 Å². The van der Waals surface area contributed by atoms with Gasteiger partial charge in [0.2, 0.25) is 5.16 Å². The molecule has 158 valence electrons. The number of thioether (sulfide) groups is 1. The standard InChI is InChI=1S/C24H25N5OS/c1-3-9-20(10-4-1)19-30-23-14-7-11-21(17-23)18-25-15-8-16-31-24-26-27-28-29(24)22-12-5-2-6-13-22/h1-7,9-14,17,25H,8,15-16,18-19H2. The highest BCUT2D eigenvalue weighted by Gasteiger charge is 2.08. The molecule has 0 saturated carbocycles. The van der Waals surface area contributed by atoms with Crippen molar-refractivity contribution in [2.45, 2.75) is 24.7 Å². The zero-order chi connectivity index (χ0) is 21.1. The van der Waals surface area contributed by atoms with Crippen LogP contribution in [0.4, 0.5) is 0 Å². The van der Waals surface area contributed by atoms with Crippen LogP contribution >= 0.6 is 11.8 Å². The normalized spacial score (nSPS) is 10.8. The number of nitrogens with zero attached hydrogens (tertiary/aromatic N) is 4. The summed E-state index contributed by atoms with van der Waals surface area (Å²) in [7, 11) is 0. The van der Waals surface area contributed by atoms with Crippen molar-refractivity contribution in [1.29, 1.82) is 0 Å². The van der Waals surface area contributed by atoms with Crippen molar-refractivity contribution in [2.24, 2.45) is 0 Å². The lowest BCUT2D eigenvalue weighted by Gasteiger charge is -2.09. The highest BCUT2D eigenvalue weighted by molar-refractivity contribution is 7.99. The van der Waals surface area contributed by atoms with Crippen LogP contribution in [0.15, 0.2) is 90.1 Å². The Morgan fingerprint density at radius 3 is 2.48 bits per heavy atom. The summed E-state index contributed by atoms with van der Waals surface area (Å²) < 4.78 is 7.69. The third-order valence-electron chi connectivity index (χ3n) is 4.65. The van der Waals surface area contributed by atoms with E-state index in [1.807, 2.05) is 60.7 Å². The Morgan fingerprint density at radius 2 is 1.65 bits per heavy atom. The minimum absolute atomic E-state index is 0.581. The molecule has 0 fully saturated rings.